The number of amides is 1. The number of nitriles is 1. The number of nitrogens with one attached hydrogen (secondary N) is 1. The second kappa shape index (κ2) is 7.17. The smallest absolute Gasteiger partial charge is 0.262 e. The minimum atomic E-state index is -0.349. The number of carbonyl (C=O) groups is 1. The first-order valence-corrected chi connectivity index (χ1v) is 7.13. The van der Waals surface area contributed by atoms with Crippen molar-refractivity contribution in [1.29, 1.82) is 5.26 Å². The Hall–Kier alpha value is -2.22. The van der Waals surface area contributed by atoms with Crippen LogP contribution in [0.15, 0.2) is 36.4 Å². The fourth-order valence-electron chi connectivity index (χ4n) is 1.75. The minimum Gasteiger partial charge on any atom is -0.482 e. The highest BCUT2D eigenvalue weighted by Gasteiger charge is 2.08. The van der Waals surface area contributed by atoms with Crippen molar-refractivity contribution >= 4 is 34.8 Å². The van der Waals surface area contributed by atoms with Crippen LogP contribution < -0.4 is 10.1 Å². The number of hydrogen-bond acceptors (Lipinski definition) is 3. The zero-order valence-corrected chi connectivity index (χ0v) is 13.2. The number of anilines is 1. The molecule has 1 N–H and O–H groups in total. The van der Waals surface area contributed by atoms with Crippen LogP contribution in [0, 0.1) is 18.3 Å². The van der Waals surface area contributed by atoms with E-state index in [-0.39, 0.29) is 17.5 Å². The van der Waals surface area contributed by atoms with Gasteiger partial charge < -0.3 is 10.1 Å². The van der Waals surface area contributed by atoms with Gasteiger partial charge in [0.25, 0.3) is 5.91 Å². The monoisotopic (exact) mass is 334 g/mol. The van der Waals surface area contributed by atoms with Crippen LogP contribution in [-0.2, 0) is 4.79 Å². The lowest BCUT2D eigenvalue weighted by Gasteiger charge is -2.10. The number of hydrogen-bond donors (Lipinski definition) is 1. The van der Waals surface area contributed by atoms with Gasteiger partial charge in [0, 0.05) is 5.69 Å². The summed E-state index contributed by atoms with van der Waals surface area (Å²) in [6.07, 6.45) is 0. The average Bonchev–Trinajstić information content (AvgIpc) is 2.48. The van der Waals surface area contributed by atoms with Gasteiger partial charge in [-0.05, 0) is 42.8 Å². The molecule has 0 unspecified atom stereocenters. The third kappa shape index (κ3) is 4.14. The summed E-state index contributed by atoms with van der Waals surface area (Å²) in [5.74, 6) is 0.105. The van der Waals surface area contributed by atoms with Crippen LogP contribution >= 0.6 is 23.2 Å². The lowest BCUT2D eigenvalue weighted by atomic mass is 10.2. The van der Waals surface area contributed by atoms with Crippen molar-refractivity contribution in [1.82, 2.24) is 0 Å². The molecule has 0 saturated heterocycles. The lowest BCUT2D eigenvalue weighted by molar-refractivity contribution is -0.118. The fourth-order valence-corrected chi connectivity index (χ4v) is 2.14. The number of rotatable bonds is 4. The number of nitrogens with zero attached hydrogens (tertiary/aromatic N) is 1. The van der Waals surface area contributed by atoms with Gasteiger partial charge in [-0.25, -0.2) is 0 Å². The number of aryl methyl sites for hydroxylation is 1. The molecule has 0 aliphatic carbocycles. The summed E-state index contributed by atoms with van der Waals surface area (Å²) in [4.78, 5) is 11.9. The van der Waals surface area contributed by atoms with Gasteiger partial charge in [-0.15, -0.1) is 0 Å². The maximum Gasteiger partial charge on any atom is 0.262 e. The highest BCUT2D eigenvalue weighted by Crippen LogP contribution is 2.25. The third-order valence-electron chi connectivity index (χ3n) is 2.82. The highest BCUT2D eigenvalue weighted by molar-refractivity contribution is 6.32. The molecule has 0 radical (unpaired) electrons. The number of halogens is 2. The van der Waals surface area contributed by atoms with Crippen LogP contribution in [-0.4, -0.2) is 12.5 Å². The van der Waals surface area contributed by atoms with Crippen LogP contribution in [0.5, 0.6) is 5.75 Å². The van der Waals surface area contributed by atoms with E-state index in [4.69, 9.17) is 33.2 Å². The largest absolute Gasteiger partial charge is 0.482 e. The first-order chi connectivity index (χ1) is 10.5. The van der Waals surface area contributed by atoms with E-state index in [9.17, 15) is 4.79 Å². The molecular weight excluding hydrogens is 323 g/mol. The minimum absolute atomic E-state index is 0.180. The predicted octanol–water partition coefficient (Wildman–Crippen LogP) is 4.19. The Morgan fingerprint density at radius 1 is 1.23 bits per heavy atom. The fraction of sp³-hybridized carbons (Fsp3) is 0.125. The summed E-state index contributed by atoms with van der Waals surface area (Å²) in [6.45, 7) is 1.73. The van der Waals surface area contributed by atoms with Crippen molar-refractivity contribution in [3.8, 4) is 11.8 Å². The van der Waals surface area contributed by atoms with E-state index < -0.39 is 0 Å². The summed E-state index contributed by atoms with van der Waals surface area (Å²) in [5.41, 5.74) is 1.83. The molecule has 0 heterocycles. The summed E-state index contributed by atoms with van der Waals surface area (Å²) in [6, 6.07) is 11.9. The van der Waals surface area contributed by atoms with E-state index >= 15 is 0 Å². The molecule has 0 aliphatic heterocycles. The molecule has 4 nitrogen and oxygen atoms in total. The molecule has 112 valence electrons. The normalized spacial score (nSPS) is 9.91. The van der Waals surface area contributed by atoms with Gasteiger partial charge in [-0.3, -0.25) is 4.79 Å². The van der Waals surface area contributed by atoms with E-state index in [1.54, 1.807) is 18.2 Å². The van der Waals surface area contributed by atoms with Crippen LogP contribution in [0.2, 0.25) is 10.0 Å². The maximum absolute atomic E-state index is 11.9. The zero-order chi connectivity index (χ0) is 16.1. The molecule has 0 bridgehead atoms. The summed E-state index contributed by atoms with van der Waals surface area (Å²) >= 11 is 11.9. The molecule has 0 saturated carbocycles. The van der Waals surface area contributed by atoms with E-state index in [1.165, 1.54) is 12.1 Å². The number of benzene rings is 2. The van der Waals surface area contributed by atoms with Gasteiger partial charge in [0.05, 0.1) is 15.6 Å². The molecule has 2 aromatic rings. The van der Waals surface area contributed by atoms with Gasteiger partial charge in [0.2, 0.25) is 0 Å². The molecule has 0 atom stereocenters. The van der Waals surface area contributed by atoms with Crippen molar-refractivity contribution in [2.75, 3.05) is 11.9 Å². The Morgan fingerprint density at radius 3 is 2.68 bits per heavy atom. The molecule has 6 heteroatoms. The number of ether oxygens (including phenoxy) is 1. The van der Waals surface area contributed by atoms with Crippen LogP contribution in [0.3, 0.4) is 0 Å². The summed E-state index contributed by atoms with van der Waals surface area (Å²) in [5, 5.41) is 12.2. The van der Waals surface area contributed by atoms with Crippen LogP contribution in [0.4, 0.5) is 5.69 Å². The topological polar surface area (TPSA) is 62.1 Å². The van der Waals surface area contributed by atoms with Crippen molar-refractivity contribution < 1.29 is 9.53 Å². The molecule has 2 aromatic carbocycles. The van der Waals surface area contributed by atoms with Crippen molar-refractivity contribution in [3.63, 3.8) is 0 Å². The molecule has 1 amide bonds. The Balaban J connectivity index is 1.97. The number of carbonyl (C=O) groups excluding carboxylic acids is 1. The van der Waals surface area contributed by atoms with E-state index in [2.05, 4.69) is 5.32 Å². The van der Waals surface area contributed by atoms with E-state index in [0.29, 0.717) is 22.0 Å². The molecular formula is C16H12Cl2N2O2. The van der Waals surface area contributed by atoms with Gasteiger partial charge in [-0.1, -0.05) is 29.3 Å². The molecule has 0 aliphatic rings. The predicted molar refractivity (Wildman–Crippen MR) is 86.5 cm³/mol. The van der Waals surface area contributed by atoms with Crippen molar-refractivity contribution in [2.24, 2.45) is 0 Å². The SMILES string of the molecule is Cc1ccc(Cl)c(OCC(=O)Nc2ccc(C#N)c(Cl)c2)c1. The average molecular weight is 335 g/mol. The molecule has 0 spiro atoms. The summed E-state index contributed by atoms with van der Waals surface area (Å²) < 4.78 is 5.40. The van der Waals surface area contributed by atoms with E-state index in [1.807, 2.05) is 19.1 Å². The Bertz CT molecular complexity index is 754. The second-order valence-corrected chi connectivity index (χ2v) is 5.39. The van der Waals surface area contributed by atoms with Gasteiger partial charge in [-0.2, -0.15) is 5.26 Å². The van der Waals surface area contributed by atoms with E-state index in [0.717, 1.165) is 5.56 Å². The second-order valence-electron chi connectivity index (χ2n) is 4.58. The first-order valence-electron chi connectivity index (χ1n) is 6.38. The van der Waals surface area contributed by atoms with Gasteiger partial charge in [0.15, 0.2) is 6.61 Å². The Kier molecular flexibility index (Phi) is 5.26. The van der Waals surface area contributed by atoms with Gasteiger partial charge in [0.1, 0.15) is 11.8 Å². The van der Waals surface area contributed by atoms with Crippen molar-refractivity contribution in [2.45, 2.75) is 6.92 Å². The lowest BCUT2D eigenvalue weighted by Crippen LogP contribution is -2.20. The van der Waals surface area contributed by atoms with Gasteiger partial charge >= 0.3 is 0 Å². The molecule has 2 rings (SSSR count). The summed E-state index contributed by atoms with van der Waals surface area (Å²) in [7, 11) is 0. The molecule has 0 fully saturated rings. The standard InChI is InChI=1S/C16H12Cl2N2O2/c1-10-2-5-13(17)15(6-10)22-9-16(21)20-12-4-3-11(8-19)14(18)7-12/h2-7H,9H2,1H3,(H,20,21). The Morgan fingerprint density at radius 2 is 2.00 bits per heavy atom. The van der Waals surface area contributed by atoms with Crippen LogP contribution in [0.1, 0.15) is 11.1 Å². The zero-order valence-electron chi connectivity index (χ0n) is 11.7. The highest BCUT2D eigenvalue weighted by atomic mass is 35.5. The Labute approximate surface area is 138 Å². The quantitative estimate of drug-likeness (QED) is 0.911. The van der Waals surface area contributed by atoms with Crippen molar-refractivity contribution in [3.05, 3.63) is 57.6 Å². The molecule has 0 aromatic heterocycles. The molecule has 22 heavy (non-hydrogen) atoms. The third-order valence-corrected chi connectivity index (χ3v) is 3.44. The van der Waals surface area contributed by atoms with Crippen LogP contribution in [0.25, 0.3) is 0 Å². The maximum atomic E-state index is 11.9. The first kappa shape index (κ1) is 16.2.